The number of rotatable bonds is 7. The van der Waals surface area contributed by atoms with Gasteiger partial charge in [0.2, 0.25) is 0 Å². The molecule has 0 spiro atoms. The molecule has 1 aliphatic heterocycles. The van der Waals surface area contributed by atoms with E-state index in [0.717, 1.165) is 30.3 Å². The molecule has 162 valence electrons. The zero-order chi connectivity index (χ0) is 21.7. The number of para-hydroxylation sites is 1. The van der Waals surface area contributed by atoms with Crippen LogP contribution in [0.1, 0.15) is 62.3 Å². The third kappa shape index (κ3) is 5.15. The highest BCUT2D eigenvalue weighted by Crippen LogP contribution is 2.29. The predicted molar refractivity (Wildman–Crippen MR) is 135 cm³/mol. The molecule has 3 nitrogen and oxygen atoms in total. The van der Waals surface area contributed by atoms with Gasteiger partial charge in [0.15, 0.2) is 5.11 Å². The number of fused-ring (bicyclic) bond motifs is 1. The number of aryl methyl sites for hydroxylation is 3. The lowest BCUT2D eigenvalue weighted by Gasteiger charge is -2.34. The molecule has 1 N–H and O–H groups in total. The molecule has 1 aliphatic rings. The van der Waals surface area contributed by atoms with Gasteiger partial charge in [-0.3, -0.25) is 0 Å². The van der Waals surface area contributed by atoms with Crippen molar-refractivity contribution in [2.24, 2.45) is 0 Å². The lowest BCUT2D eigenvalue weighted by molar-refractivity contribution is 0.319. The summed E-state index contributed by atoms with van der Waals surface area (Å²) in [5.74, 6) is 0. The Bertz CT molecular complexity index is 856. The van der Waals surface area contributed by atoms with E-state index in [1.54, 1.807) is 0 Å². The van der Waals surface area contributed by atoms with Crippen molar-refractivity contribution >= 4 is 28.7 Å². The average molecular weight is 424 g/mol. The fraction of sp³-hybridized carbons (Fsp3) is 0.500. The molecule has 4 heteroatoms. The number of anilines is 2. The summed E-state index contributed by atoms with van der Waals surface area (Å²) in [6, 6.07) is 13.8. The zero-order valence-electron chi connectivity index (χ0n) is 19.3. The molecule has 0 aromatic heterocycles. The molecule has 1 heterocycles. The van der Waals surface area contributed by atoms with Crippen molar-refractivity contribution in [3.63, 3.8) is 0 Å². The fourth-order valence-corrected chi connectivity index (χ4v) is 4.71. The Labute approximate surface area is 188 Å². The summed E-state index contributed by atoms with van der Waals surface area (Å²) in [4.78, 5) is 4.89. The van der Waals surface area contributed by atoms with Gasteiger partial charge in [-0.05, 0) is 87.0 Å². The molecule has 2 aromatic rings. The summed E-state index contributed by atoms with van der Waals surface area (Å²) >= 11 is 5.90. The van der Waals surface area contributed by atoms with Crippen molar-refractivity contribution in [2.75, 3.05) is 23.3 Å². The van der Waals surface area contributed by atoms with E-state index < -0.39 is 0 Å². The molecule has 0 aliphatic carbocycles. The second kappa shape index (κ2) is 10.3. The molecule has 0 saturated heterocycles. The molecule has 0 unspecified atom stereocenters. The van der Waals surface area contributed by atoms with Gasteiger partial charge in [0, 0.05) is 37.1 Å². The maximum absolute atomic E-state index is 5.90. The molecule has 0 radical (unpaired) electrons. The van der Waals surface area contributed by atoms with Crippen LogP contribution in [0.15, 0.2) is 36.4 Å². The van der Waals surface area contributed by atoms with Crippen LogP contribution in [-0.4, -0.2) is 29.1 Å². The van der Waals surface area contributed by atoms with Crippen molar-refractivity contribution in [3.8, 4) is 0 Å². The van der Waals surface area contributed by atoms with Crippen LogP contribution in [0.25, 0.3) is 0 Å². The summed E-state index contributed by atoms with van der Waals surface area (Å²) in [6.45, 7) is 14.2. The van der Waals surface area contributed by atoms with Crippen LogP contribution in [0, 0.1) is 13.8 Å². The van der Waals surface area contributed by atoms with Gasteiger partial charge in [-0.2, -0.15) is 0 Å². The molecule has 3 rings (SSSR count). The van der Waals surface area contributed by atoms with Gasteiger partial charge in [-0.25, -0.2) is 0 Å². The normalized spacial score (nSPS) is 14.2. The third-order valence-electron chi connectivity index (χ3n) is 6.30. The Morgan fingerprint density at radius 3 is 2.57 bits per heavy atom. The highest BCUT2D eigenvalue weighted by molar-refractivity contribution is 7.80. The van der Waals surface area contributed by atoms with Gasteiger partial charge in [-0.15, -0.1) is 0 Å². The summed E-state index contributed by atoms with van der Waals surface area (Å²) < 4.78 is 0. The van der Waals surface area contributed by atoms with E-state index in [9.17, 15) is 0 Å². The van der Waals surface area contributed by atoms with Crippen molar-refractivity contribution in [1.82, 2.24) is 4.90 Å². The Hall–Kier alpha value is -2.07. The van der Waals surface area contributed by atoms with E-state index in [4.69, 9.17) is 12.2 Å². The fourth-order valence-electron chi connectivity index (χ4n) is 4.36. The maximum Gasteiger partial charge on any atom is 0.173 e. The van der Waals surface area contributed by atoms with E-state index in [-0.39, 0.29) is 0 Å². The van der Waals surface area contributed by atoms with E-state index >= 15 is 0 Å². The van der Waals surface area contributed by atoms with E-state index in [1.807, 2.05) is 0 Å². The minimum atomic E-state index is 0.377. The maximum atomic E-state index is 5.90. The van der Waals surface area contributed by atoms with E-state index in [2.05, 4.69) is 86.1 Å². The number of thiocarbonyl (C=S) groups is 1. The minimum absolute atomic E-state index is 0.377. The molecule has 2 aromatic carbocycles. The van der Waals surface area contributed by atoms with Gasteiger partial charge in [-0.1, -0.05) is 44.2 Å². The van der Waals surface area contributed by atoms with Crippen LogP contribution in [0.2, 0.25) is 0 Å². The SMILES string of the molecule is CCCN1CCCc2cc(CN(C(=S)Nc3c(C)cccc3C)[C@H](C)CC)ccc21. The van der Waals surface area contributed by atoms with Crippen LogP contribution < -0.4 is 10.2 Å². The number of hydrogen-bond acceptors (Lipinski definition) is 2. The highest BCUT2D eigenvalue weighted by Gasteiger charge is 2.20. The lowest BCUT2D eigenvalue weighted by Crippen LogP contribution is -2.40. The molecule has 1 atom stereocenters. The molecule has 0 amide bonds. The largest absolute Gasteiger partial charge is 0.371 e. The van der Waals surface area contributed by atoms with Crippen LogP contribution in [0.5, 0.6) is 0 Å². The van der Waals surface area contributed by atoms with Crippen molar-refractivity contribution in [2.45, 2.75) is 72.9 Å². The zero-order valence-corrected chi connectivity index (χ0v) is 20.1. The smallest absolute Gasteiger partial charge is 0.173 e. The van der Waals surface area contributed by atoms with Gasteiger partial charge in [0.25, 0.3) is 0 Å². The molecule has 0 saturated carbocycles. The van der Waals surface area contributed by atoms with Crippen molar-refractivity contribution < 1.29 is 0 Å². The Balaban J connectivity index is 1.81. The summed E-state index contributed by atoms with van der Waals surface area (Å²) in [5, 5.41) is 4.36. The van der Waals surface area contributed by atoms with Crippen LogP contribution in [-0.2, 0) is 13.0 Å². The number of nitrogens with zero attached hydrogens (tertiary/aromatic N) is 2. The topological polar surface area (TPSA) is 18.5 Å². The van der Waals surface area contributed by atoms with Crippen molar-refractivity contribution in [1.29, 1.82) is 0 Å². The molecular formula is C26H37N3S. The molecule has 0 fully saturated rings. The second-order valence-corrected chi connectivity index (χ2v) is 9.02. The first-order chi connectivity index (χ1) is 14.4. The van der Waals surface area contributed by atoms with E-state index in [0.29, 0.717) is 6.04 Å². The van der Waals surface area contributed by atoms with Crippen LogP contribution in [0.3, 0.4) is 0 Å². The second-order valence-electron chi connectivity index (χ2n) is 8.64. The number of nitrogens with one attached hydrogen (secondary N) is 1. The summed E-state index contributed by atoms with van der Waals surface area (Å²) in [5.41, 5.74) is 7.86. The number of hydrogen-bond donors (Lipinski definition) is 1. The summed E-state index contributed by atoms with van der Waals surface area (Å²) in [7, 11) is 0. The highest BCUT2D eigenvalue weighted by atomic mass is 32.1. The molecule has 30 heavy (non-hydrogen) atoms. The van der Waals surface area contributed by atoms with Crippen molar-refractivity contribution in [3.05, 3.63) is 58.7 Å². The lowest BCUT2D eigenvalue weighted by atomic mass is 9.98. The molecular weight excluding hydrogens is 386 g/mol. The monoisotopic (exact) mass is 423 g/mol. The Morgan fingerprint density at radius 1 is 1.17 bits per heavy atom. The first kappa shape index (κ1) is 22.6. The Morgan fingerprint density at radius 2 is 1.90 bits per heavy atom. The predicted octanol–water partition coefficient (Wildman–Crippen LogP) is 6.46. The van der Waals surface area contributed by atoms with Crippen LogP contribution in [0.4, 0.5) is 11.4 Å². The van der Waals surface area contributed by atoms with Gasteiger partial charge >= 0.3 is 0 Å². The van der Waals surface area contributed by atoms with Gasteiger partial charge < -0.3 is 15.1 Å². The Kier molecular flexibility index (Phi) is 7.76. The quantitative estimate of drug-likeness (QED) is 0.515. The van der Waals surface area contributed by atoms with Gasteiger partial charge in [0.05, 0.1) is 0 Å². The van der Waals surface area contributed by atoms with Gasteiger partial charge in [0.1, 0.15) is 0 Å². The van der Waals surface area contributed by atoms with Crippen LogP contribution >= 0.6 is 12.2 Å². The minimum Gasteiger partial charge on any atom is -0.371 e. The third-order valence-corrected chi connectivity index (χ3v) is 6.64. The summed E-state index contributed by atoms with van der Waals surface area (Å²) in [6.07, 6.45) is 4.68. The van der Waals surface area contributed by atoms with E-state index in [1.165, 1.54) is 53.7 Å². The first-order valence-corrected chi connectivity index (χ1v) is 11.9. The average Bonchev–Trinajstić information content (AvgIpc) is 2.74. The molecule has 0 bridgehead atoms. The number of benzene rings is 2. The first-order valence-electron chi connectivity index (χ1n) is 11.4. The standard InChI is InChI=1S/C26H37N3S/c1-6-15-28-16-9-12-23-17-22(13-14-24(23)28)18-29(21(5)7-2)26(30)27-25-19(3)10-8-11-20(25)4/h8,10-11,13-14,17,21H,6-7,9,12,15-16,18H2,1-5H3,(H,27,30)/t21-/m1/s1.